The molecule has 0 saturated heterocycles. The molecule has 0 aliphatic rings. The molecule has 0 aromatic heterocycles. The molecule has 0 aliphatic carbocycles. The van der Waals surface area contributed by atoms with Gasteiger partial charge in [-0.3, -0.25) is 4.79 Å². The van der Waals surface area contributed by atoms with E-state index in [1.807, 2.05) is 6.07 Å². The summed E-state index contributed by atoms with van der Waals surface area (Å²) in [7, 11) is 0. The number of hydrogen-bond acceptors (Lipinski definition) is 3. The lowest BCUT2D eigenvalue weighted by Gasteiger charge is -2.15. The van der Waals surface area contributed by atoms with Gasteiger partial charge >= 0.3 is 0 Å². The smallest absolute Gasteiger partial charge is 0.246 e. The van der Waals surface area contributed by atoms with Gasteiger partial charge in [-0.05, 0) is 49.4 Å². The van der Waals surface area contributed by atoms with Gasteiger partial charge in [0, 0.05) is 11.4 Å². The quantitative estimate of drug-likeness (QED) is 0.906. The van der Waals surface area contributed by atoms with Gasteiger partial charge in [-0.2, -0.15) is 5.26 Å². The molecule has 0 spiro atoms. The van der Waals surface area contributed by atoms with Crippen LogP contribution >= 0.6 is 0 Å². The number of nitrogens with zero attached hydrogens (tertiary/aromatic N) is 1. The summed E-state index contributed by atoms with van der Waals surface area (Å²) in [6.45, 7) is 1.70. The van der Waals surface area contributed by atoms with Gasteiger partial charge in [-0.15, -0.1) is 0 Å². The number of hydrogen-bond donors (Lipinski definition) is 2. The molecule has 0 fully saturated rings. The summed E-state index contributed by atoms with van der Waals surface area (Å²) in [6.07, 6.45) is 0. The van der Waals surface area contributed by atoms with Crippen molar-refractivity contribution in [3.63, 3.8) is 0 Å². The normalized spacial score (nSPS) is 11.3. The van der Waals surface area contributed by atoms with E-state index in [4.69, 9.17) is 5.26 Å². The topological polar surface area (TPSA) is 64.9 Å². The van der Waals surface area contributed by atoms with Crippen LogP contribution in [0.3, 0.4) is 0 Å². The van der Waals surface area contributed by atoms with Gasteiger partial charge in [-0.25, -0.2) is 4.39 Å². The second kappa shape index (κ2) is 6.53. The Labute approximate surface area is 122 Å². The molecule has 106 valence electrons. The SMILES string of the molecule is C[C@@H](Nc1ccc(F)cc1)C(=O)Nc1cccc(C#N)c1. The molecule has 2 rings (SSSR count). The maximum absolute atomic E-state index is 12.8. The highest BCUT2D eigenvalue weighted by atomic mass is 19.1. The third kappa shape index (κ3) is 4.05. The molecule has 0 unspecified atom stereocenters. The van der Waals surface area contributed by atoms with Gasteiger partial charge in [0.25, 0.3) is 0 Å². The van der Waals surface area contributed by atoms with Crippen LogP contribution in [-0.2, 0) is 4.79 Å². The van der Waals surface area contributed by atoms with Crippen molar-refractivity contribution < 1.29 is 9.18 Å². The van der Waals surface area contributed by atoms with E-state index in [1.54, 1.807) is 43.3 Å². The molecule has 0 radical (unpaired) electrons. The zero-order chi connectivity index (χ0) is 15.2. The zero-order valence-electron chi connectivity index (χ0n) is 11.4. The molecule has 1 atom stereocenters. The minimum Gasteiger partial charge on any atom is -0.374 e. The number of rotatable bonds is 4. The Kier molecular flexibility index (Phi) is 4.52. The fraction of sp³-hybridized carbons (Fsp3) is 0.125. The first-order valence-corrected chi connectivity index (χ1v) is 6.41. The van der Waals surface area contributed by atoms with Crippen LogP contribution in [0.5, 0.6) is 0 Å². The predicted molar refractivity (Wildman–Crippen MR) is 79.3 cm³/mol. The van der Waals surface area contributed by atoms with Crippen LogP contribution in [0.4, 0.5) is 15.8 Å². The third-order valence-electron chi connectivity index (χ3n) is 2.88. The summed E-state index contributed by atoms with van der Waals surface area (Å²) < 4.78 is 12.8. The van der Waals surface area contributed by atoms with Crippen LogP contribution in [0, 0.1) is 17.1 Å². The van der Waals surface area contributed by atoms with Crippen LogP contribution in [0.25, 0.3) is 0 Å². The molecule has 0 bridgehead atoms. The number of carbonyl (C=O) groups is 1. The third-order valence-corrected chi connectivity index (χ3v) is 2.88. The van der Waals surface area contributed by atoms with E-state index in [-0.39, 0.29) is 11.7 Å². The molecular weight excluding hydrogens is 269 g/mol. The van der Waals surface area contributed by atoms with Crippen molar-refractivity contribution in [2.24, 2.45) is 0 Å². The lowest BCUT2D eigenvalue weighted by Crippen LogP contribution is -2.31. The average Bonchev–Trinajstić information content (AvgIpc) is 2.49. The highest BCUT2D eigenvalue weighted by molar-refractivity contribution is 5.96. The maximum atomic E-state index is 12.8. The average molecular weight is 283 g/mol. The standard InChI is InChI=1S/C16H14FN3O/c1-11(19-14-7-5-13(17)6-8-14)16(21)20-15-4-2-3-12(9-15)10-18/h2-9,11,19H,1H3,(H,20,21)/t11-/m1/s1. The number of benzene rings is 2. The number of nitrogens with one attached hydrogen (secondary N) is 2. The fourth-order valence-electron chi connectivity index (χ4n) is 1.78. The highest BCUT2D eigenvalue weighted by Gasteiger charge is 2.13. The van der Waals surface area contributed by atoms with Gasteiger partial charge in [0.15, 0.2) is 0 Å². The molecule has 0 aliphatic heterocycles. The second-order valence-corrected chi connectivity index (χ2v) is 4.55. The van der Waals surface area contributed by atoms with E-state index < -0.39 is 6.04 Å². The Hall–Kier alpha value is -2.87. The number of nitriles is 1. The molecule has 1 amide bonds. The van der Waals surface area contributed by atoms with Crippen LogP contribution < -0.4 is 10.6 Å². The van der Waals surface area contributed by atoms with Gasteiger partial charge in [0.1, 0.15) is 11.9 Å². The molecule has 0 heterocycles. The largest absolute Gasteiger partial charge is 0.374 e. The van der Waals surface area contributed by atoms with Crippen LogP contribution in [0.2, 0.25) is 0 Å². The van der Waals surface area contributed by atoms with Crippen molar-refractivity contribution in [3.8, 4) is 6.07 Å². The van der Waals surface area contributed by atoms with Crippen molar-refractivity contribution in [3.05, 3.63) is 59.9 Å². The van der Waals surface area contributed by atoms with Crippen LogP contribution in [-0.4, -0.2) is 11.9 Å². The van der Waals surface area contributed by atoms with E-state index in [1.165, 1.54) is 12.1 Å². The minimum absolute atomic E-state index is 0.241. The molecule has 0 saturated carbocycles. The highest BCUT2D eigenvalue weighted by Crippen LogP contribution is 2.13. The summed E-state index contributed by atoms with van der Waals surface area (Å²) in [5, 5.41) is 14.5. The Balaban J connectivity index is 1.99. The van der Waals surface area contributed by atoms with Gasteiger partial charge in [0.05, 0.1) is 11.6 Å². The number of anilines is 2. The van der Waals surface area contributed by atoms with Crippen LogP contribution in [0.15, 0.2) is 48.5 Å². The van der Waals surface area contributed by atoms with Crippen molar-refractivity contribution in [1.82, 2.24) is 0 Å². The van der Waals surface area contributed by atoms with Gasteiger partial charge in [0.2, 0.25) is 5.91 Å². The maximum Gasteiger partial charge on any atom is 0.246 e. The summed E-state index contributed by atoms with van der Waals surface area (Å²) in [6, 6.07) is 14.0. The number of amides is 1. The summed E-state index contributed by atoms with van der Waals surface area (Å²) >= 11 is 0. The molecule has 2 aromatic carbocycles. The number of halogens is 1. The van der Waals surface area contributed by atoms with Crippen molar-refractivity contribution in [2.45, 2.75) is 13.0 Å². The summed E-state index contributed by atoms with van der Waals surface area (Å²) in [5.41, 5.74) is 1.70. The molecule has 2 aromatic rings. The Morgan fingerprint density at radius 2 is 1.90 bits per heavy atom. The van der Waals surface area contributed by atoms with E-state index in [2.05, 4.69) is 10.6 Å². The van der Waals surface area contributed by atoms with Crippen molar-refractivity contribution >= 4 is 17.3 Å². The van der Waals surface area contributed by atoms with Crippen molar-refractivity contribution in [1.29, 1.82) is 5.26 Å². The number of carbonyl (C=O) groups excluding carboxylic acids is 1. The van der Waals surface area contributed by atoms with Gasteiger partial charge < -0.3 is 10.6 Å². The zero-order valence-corrected chi connectivity index (χ0v) is 11.4. The van der Waals surface area contributed by atoms with E-state index >= 15 is 0 Å². The first-order valence-electron chi connectivity index (χ1n) is 6.41. The summed E-state index contributed by atoms with van der Waals surface area (Å²) in [5.74, 6) is -0.569. The first-order chi connectivity index (χ1) is 10.1. The van der Waals surface area contributed by atoms with E-state index in [9.17, 15) is 9.18 Å². The molecule has 5 heteroatoms. The molecule has 2 N–H and O–H groups in total. The van der Waals surface area contributed by atoms with E-state index in [0.29, 0.717) is 16.9 Å². The molecule has 21 heavy (non-hydrogen) atoms. The van der Waals surface area contributed by atoms with Gasteiger partial charge in [-0.1, -0.05) is 6.07 Å². The van der Waals surface area contributed by atoms with E-state index in [0.717, 1.165) is 0 Å². The fourth-order valence-corrected chi connectivity index (χ4v) is 1.78. The summed E-state index contributed by atoms with van der Waals surface area (Å²) in [4.78, 5) is 12.1. The Morgan fingerprint density at radius 3 is 2.57 bits per heavy atom. The predicted octanol–water partition coefficient (Wildman–Crippen LogP) is 3.14. The Morgan fingerprint density at radius 1 is 1.19 bits per heavy atom. The Bertz CT molecular complexity index is 677. The monoisotopic (exact) mass is 283 g/mol. The second-order valence-electron chi connectivity index (χ2n) is 4.55. The lowest BCUT2D eigenvalue weighted by atomic mass is 10.2. The molecular formula is C16H14FN3O. The first kappa shape index (κ1) is 14.5. The lowest BCUT2D eigenvalue weighted by molar-refractivity contribution is -0.116. The molecule has 4 nitrogen and oxygen atoms in total. The van der Waals surface area contributed by atoms with Crippen molar-refractivity contribution in [2.75, 3.05) is 10.6 Å². The minimum atomic E-state index is -0.499. The van der Waals surface area contributed by atoms with Crippen LogP contribution in [0.1, 0.15) is 12.5 Å².